The fraction of sp³-hybridized carbons (Fsp3) is 0.0968. The first-order chi connectivity index (χ1) is 20.9. The highest BCUT2D eigenvalue weighted by molar-refractivity contribution is 6.06. The number of anilines is 1. The van der Waals surface area contributed by atoms with Crippen molar-refractivity contribution in [3.8, 4) is 11.8 Å². The Hall–Kier alpha value is -6.22. The van der Waals surface area contributed by atoms with Crippen LogP contribution in [0.3, 0.4) is 0 Å². The Morgan fingerprint density at radius 3 is 2.21 bits per heavy atom. The molecule has 1 unspecified atom stereocenters. The van der Waals surface area contributed by atoms with Crippen LogP contribution in [0.1, 0.15) is 11.5 Å². The molecule has 5 aromatic rings. The molecule has 1 aliphatic rings. The predicted molar refractivity (Wildman–Crippen MR) is 154 cm³/mol. The molecule has 0 aliphatic carbocycles. The zero-order valence-corrected chi connectivity index (χ0v) is 22.8. The average molecular weight is 575 g/mol. The molecule has 0 fully saturated rings. The van der Waals surface area contributed by atoms with Crippen molar-refractivity contribution in [3.63, 3.8) is 0 Å². The van der Waals surface area contributed by atoms with Crippen molar-refractivity contribution in [2.45, 2.75) is 5.92 Å². The largest absolute Gasteiger partial charge is 0.466 e. The first kappa shape index (κ1) is 27.0. The number of hydrogen-bond donors (Lipinski definition) is 1. The summed E-state index contributed by atoms with van der Waals surface area (Å²) in [5.41, 5.74) is 7.69. The molecule has 3 heterocycles. The minimum Gasteiger partial charge on any atom is -0.466 e. The van der Waals surface area contributed by atoms with Crippen LogP contribution in [0.15, 0.2) is 111 Å². The van der Waals surface area contributed by atoms with E-state index in [1.165, 1.54) is 22.9 Å². The van der Waals surface area contributed by atoms with Crippen LogP contribution in [0.2, 0.25) is 0 Å². The SMILES string of the molecule is COC(=O)C1=C(C(=O)OC)N(c2ccc3cc(-n4nc5ccccc5n4)c(=O)oc3c2)C(N)=C(C#N)C1c1ccccc1. The van der Waals surface area contributed by atoms with Gasteiger partial charge < -0.3 is 19.6 Å². The summed E-state index contributed by atoms with van der Waals surface area (Å²) < 4.78 is 15.8. The van der Waals surface area contributed by atoms with E-state index in [0.717, 1.165) is 7.11 Å². The summed E-state index contributed by atoms with van der Waals surface area (Å²) in [7, 11) is 2.33. The summed E-state index contributed by atoms with van der Waals surface area (Å²) in [4.78, 5) is 42.1. The van der Waals surface area contributed by atoms with Crippen molar-refractivity contribution < 1.29 is 23.5 Å². The lowest BCUT2D eigenvalue weighted by molar-refractivity contribution is -0.139. The smallest absolute Gasteiger partial charge is 0.364 e. The van der Waals surface area contributed by atoms with E-state index >= 15 is 0 Å². The lowest BCUT2D eigenvalue weighted by atomic mass is 9.81. The number of carbonyl (C=O) groups is 2. The number of hydrogen-bond acceptors (Lipinski definition) is 11. The zero-order valence-electron chi connectivity index (χ0n) is 22.8. The Labute approximate surface area is 243 Å². The van der Waals surface area contributed by atoms with Gasteiger partial charge in [-0.3, -0.25) is 4.90 Å². The third-order valence-corrected chi connectivity index (χ3v) is 7.07. The van der Waals surface area contributed by atoms with E-state index in [9.17, 15) is 19.6 Å². The number of carbonyl (C=O) groups excluding carboxylic acids is 2. The fourth-order valence-electron chi connectivity index (χ4n) is 5.12. The molecule has 212 valence electrons. The molecule has 1 aliphatic heterocycles. The van der Waals surface area contributed by atoms with Crippen LogP contribution in [0.4, 0.5) is 5.69 Å². The van der Waals surface area contributed by atoms with E-state index < -0.39 is 23.5 Å². The molecule has 0 amide bonds. The molecule has 12 nitrogen and oxygen atoms in total. The van der Waals surface area contributed by atoms with Gasteiger partial charge in [-0.1, -0.05) is 42.5 Å². The van der Waals surface area contributed by atoms with Gasteiger partial charge in [0.25, 0.3) is 0 Å². The molecule has 0 radical (unpaired) electrons. The monoisotopic (exact) mass is 574 g/mol. The minimum atomic E-state index is -1.01. The highest BCUT2D eigenvalue weighted by Gasteiger charge is 2.43. The lowest BCUT2D eigenvalue weighted by Crippen LogP contribution is -2.40. The van der Waals surface area contributed by atoms with Gasteiger partial charge >= 0.3 is 17.6 Å². The van der Waals surface area contributed by atoms with Gasteiger partial charge in [-0.25, -0.2) is 14.4 Å². The van der Waals surface area contributed by atoms with Crippen molar-refractivity contribution in [2.24, 2.45) is 5.73 Å². The minimum absolute atomic E-state index is 0.00738. The third kappa shape index (κ3) is 4.45. The summed E-state index contributed by atoms with van der Waals surface area (Å²) in [6, 6.07) is 24.2. The molecular weight excluding hydrogens is 552 g/mol. The Morgan fingerprint density at radius 2 is 1.58 bits per heavy atom. The van der Waals surface area contributed by atoms with E-state index in [-0.39, 0.29) is 39.6 Å². The van der Waals surface area contributed by atoms with E-state index in [0.29, 0.717) is 22.0 Å². The van der Waals surface area contributed by atoms with Crippen LogP contribution in [-0.2, 0) is 19.1 Å². The Bertz CT molecular complexity index is 2070. The molecule has 43 heavy (non-hydrogen) atoms. The van der Waals surface area contributed by atoms with E-state index in [4.69, 9.17) is 19.6 Å². The third-order valence-electron chi connectivity index (χ3n) is 7.07. The quantitative estimate of drug-likeness (QED) is 0.241. The molecule has 0 saturated heterocycles. The fourth-order valence-corrected chi connectivity index (χ4v) is 5.12. The molecule has 0 bridgehead atoms. The van der Waals surface area contributed by atoms with Gasteiger partial charge in [-0.2, -0.15) is 5.26 Å². The Balaban J connectivity index is 1.54. The maximum atomic E-state index is 13.3. The van der Waals surface area contributed by atoms with Crippen molar-refractivity contribution in [1.29, 1.82) is 5.26 Å². The standard InChI is InChI=1S/C31H22N6O6/c1-41-30(39)26-25(17-8-4-3-5-9-17)20(16-32)28(33)36(27(26)31(40)42-2)19-13-12-18-14-23(29(38)43-24(18)15-19)37-34-21-10-6-7-11-22(21)35-37/h3-15,25H,33H2,1-2H3. The van der Waals surface area contributed by atoms with E-state index in [1.54, 1.807) is 60.7 Å². The summed E-state index contributed by atoms with van der Waals surface area (Å²) in [5, 5.41) is 19.5. The number of fused-ring (bicyclic) bond motifs is 2. The lowest BCUT2D eigenvalue weighted by Gasteiger charge is -2.35. The molecule has 2 aromatic heterocycles. The van der Waals surface area contributed by atoms with Crippen LogP contribution < -0.4 is 16.3 Å². The number of nitriles is 1. The number of benzene rings is 3. The number of aromatic nitrogens is 3. The Kier molecular flexibility index (Phi) is 6.67. The topological polar surface area (TPSA) is 167 Å². The molecule has 0 spiro atoms. The average Bonchev–Trinajstić information content (AvgIpc) is 3.47. The van der Waals surface area contributed by atoms with E-state index in [2.05, 4.69) is 16.3 Å². The number of nitrogens with zero attached hydrogens (tertiary/aromatic N) is 5. The van der Waals surface area contributed by atoms with Crippen molar-refractivity contribution in [3.05, 3.63) is 118 Å². The molecule has 0 saturated carbocycles. The normalized spacial score (nSPS) is 15.1. The molecule has 6 rings (SSSR count). The van der Waals surface area contributed by atoms with Crippen LogP contribution in [0, 0.1) is 11.3 Å². The van der Waals surface area contributed by atoms with Gasteiger partial charge in [0.2, 0.25) is 0 Å². The molecule has 12 heteroatoms. The maximum Gasteiger partial charge on any atom is 0.364 e. The summed E-state index contributed by atoms with van der Waals surface area (Å²) in [6.45, 7) is 0. The van der Waals surface area contributed by atoms with Crippen LogP contribution in [-0.4, -0.2) is 41.2 Å². The Morgan fingerprint density at radius 1 is 0.930 bits per heavy atom. The number of esters is 2. The van der Waals surface area contributed by atoms with Crippen LogP contribution >= 0.6 is 0 Å². The van der Waals surface area contributed by atoms with Gasteiger partial charge in [0.1, 0.15) is 28.1 Å². The molecule has 1 atom stereocenters. The first-order valence-corrected chi connectivity index (χ1v) is 12.9. The van der Waals surface area contributed by atoms with Crippen LogP contribution in [0.5, 0.6) is 0 Å². The number of rotatable bonds is 5. The van der Waals surface area contributed by atoms with E-state index in [1.807, 2.05) is 12.1 Å². The summed E-state index contributed by atoms with van der Waals surface area (Å²) in [5.74, 6) is -2.87. The van der Waals surface area contributed by atoms with Gasteiger partial charge in [-0.15, -0.1) is 15.0 Å². The maximum absolute atomic E-state index is 13.3. The van der Waals surface area contributed by atoms with Gasteiger partial charge in [0.05, 0.1) is 43.0 Å². The second-order valence-corrected chi connectivity index (χ2v) is 9.45. The second kappa shape index (κ2) is 10.6. The van der Waals surface area contributed by atoms with Crippen molar-refractivity contribution in [2.75, 3.05) is 19.1 Å². The number of allylic oxidation sites excluding steroid dienone is 1. The van der Waals surface area contributed by atoms with Gasteiger partial charge in [-0.05, 0) is 35.9 Å². The highest BCUT2D eigenvalue weighted by Crippen LogP contribution is 2.43. The highest BCUT2D eigenvalue weighted by atomic mass is 16.5. The number of ether oxygens (including phenoxy) is 2. The van der Waals surface area contributed by atoms with Crippen molar-refractivity contribution >= 4 is 39.6 Å². The molecular formula is C31H22N6O6. The van der Waals surface area contributed by atoms with Gasteiger partial charge in [0, 0.05) is 11.5 Å². The molecule has 3 aromatic carbocycles. The molecule has 2 N–H and O–H groups in total. The number of nitrogens with two attached hydrogens (primary N) is 1. The van der Waals surface area contributed by atoms with Crippen molar-refractivity contribution in [1.82, 2.24) is 15.0 Å². The van der Waals surface area contributed by atoms with Gasteiger partial charge in [0.15, 0.2) is 5.69 Å². The second-order valence-electron chi connectivity index (χ2n) is 9.45. The zero-order chi connectivity index (χ0) is 30.2. The summed E-state index contributed by atoms with van der Waals surface area (Å²) in [6.07, 6.45) is 0. The number of methoxy groups -OCH3 is 2. The predicted octanol–water partition coefficient (Wildman–Crippen LogP) is 3.42. The summed E-state index contributed by atoms with van der Waals surface area (Å²) >= 11 is 0. The van der Waals surface area contributed by atoms with Crippen LogP contribution in [0.25, 0.3) is 27.7 Å². The first-order valence-electron chi connectivity index (χ1n) is 12.9.